The van der Waals surface area contributed by atoms with Gasteiger partial charge in [0.15, 0.2) is 25.2 Å². The van der Waals surface area contributed by atoms with Crippen molar-refractivity contribution in [3.05, 3.63) is 11.1 Å². The lowest BCUT2D eigenvalue weighted by atomic mass is 9.42. The molecule has 76 heavy (non-hydrogen) atoms. The Balaban J connectivity index is 0.840. The highest BCUT2D eigenvalue weighted by molar-refractivity contribution is 5.74. The zero-order valence-corrected chi connectivity index (χ0v) is 43.9. The number of ether oxygens (including phenoxy) is 10. The van der Waals surface area contributed by atoms with E-state index >= 15 is 0 Å². The van der Waals surface area contributed by atoms with E-state index in [9.17, 15) is 71.2 Å². The van der Waals surface area contributed by atoms with E-state index in [1.807, 2.05) is 6.92 Å². The fourth-order valence-electron chi connectivity index (χ4n) is 16.3. The minimum absolute atomic E-state index is 0.158. The quantitative estimate of drug-likeness (QED) is 0.0649. The van der Waals surface area contributed by atoms with Crippen molar-refractivity contribution < 1.29 is 119 Å². The van der Waals surface area contributed by atoms with Crippen LogP contribution in [0.5, 0.6) is 0 Å². The minimum Gasteiger partial charge on any atom is -0.433 e. The lowest BCUT2D eigenvalue weighted by molar-refractivity contribution is -0.378. The minimum atomic E-state index is -2.15. The van der Waals surface area contributed by atoms with Gasteiger partial charge in [0.2, 0.25) is 5.79 Å². The molecule has 24 nitrogen and oxygen atoms in total. The summed E-state index contributed by atoms with van der Waals surface area (Å²) in [6.45, 7) is 6.65. The standard InChI is InChI=1S/C52H82O24/c1-23-14-51(75-41(23)65)15-24(2)52(76-51)13-12-47(4)26-6-7-30-46(3,25(26)8-11-48(47,52)5)10-9-31(49(30,19-54)20-55)72-42-37(63)35(61)34(60)29(71-42)18-68-43-38(32(58)27(57)17-67-43)73-44-39(36(62)33(59)28(16-53)70-44)74-45-40(64)50(66,21-56)22-69-45/h23-24,27-40,42-45,53-64,66H,6-22H2,1-5H3. The molecule has 2 saturated carbocycles. The van der Waals surface area contributed by atoms with Crippen molar-refractivity contribution in [2.24, 2.45) is 39.4 Å². The second kappa shape index (κ2) is 20.6. The van der Waals surface area contributed by atoms with Gasteiger partial charge < -0.3 is 114 Å². The Labute approximate surface area is 440 Å². The summed E-state index contributed by atoms with van der Waals surface area (Å²) in [5, 5.41) is 142. The number of esters is 1. The first-order valence-corrected chi connectivity index (χ1v) is 27.2. The van der Waals surface area contributed by atoms with Crippen LogP contribution in [-0.2, 0) is 52.2 Å². The zero-order chi connectivity index (χ0) is 54.9. The lowest BCUT2D eigenvalue weighted by Gasteiger charge is -2.64. The molecule has 26 atom stereocenters. The van der Waals surface area contributed by atoms with Gasteiger partial charge in [-0.2, -0.15) is 0 Å². The fourth-order valence-corrected chi connectivity index (χ4v) is 16.3. The van der Waals surface area contributed by atoms with Crippen LogP contribution >= 0.6 is 0 Å². The number of allylic oxidation sites excluding steroid dienone is 2. The summed E-state index contributed by atoms with van der Waals surface area (Å²) < 4.78 is 60.4. The highest BCUT2D eigenvalue weighted by Gasteiger charge is 2.75. The molecular weight excluding hydrogens is 1010 g/mol. The number of hydrogen-bond donors (Lipinski definition) is 13. The molecule has 0 aromatic heterocycles. The molecule has 13 N–H and O–H groups in total. The van der Waals surface area contributed by atoms with Crippen LogP contribution in [0, 0.1) is 39.4 Å². The summed E-state index contributed by atoms with van der Waals surface area (Å²) in [6, 6.07) is 0. The summed E-state index contributed by atoms with van der Waals surface area (Å²) in [4.78, 5) is 12.7. The van der Waals surface area contributed by atoms with Crippen LogP contribution < -0.4 is 0 Å². The Kier molecular flexibility index (Phi) is 15.6. The molecule has 0 amide bonds. The number of fused-ring (bicyclic) bond motifs is 5. The number of aliphatic hydroxyl groups excluding tert-OH is 12. The molecule has 0 radical (unpaired) electrons. The van der Waals surface area contributed by atoms with E-state index in [4.69, 9.17) is 47.4 Å². The van der Waals surface area contributed by atoms with E-state index in [0.29, 0.717) is 38.5 Å². The Bertz CT molecular complexity index is 2150. The molecule has 6 aliphatic heterocycles. The maximum atomic E-state index is 12.7. The van der Waals surface area contributed by atoms with Crippen LogP contribution in [0.3, 0.4) is 0 Å². The largest absolute Gasteiger partial charge is 0.433 e. The van der Waals surface area contributed by atoms with Gasteiger partial charge in [0.1, 0.15) is 78.8 Å². The van der Waals surface area contributed by atoms with Gasteiger partial charge in [0.05, 0.1) is 63.9 Å². The Morgan fingerprint density at radius 3 is 2.00 bits per heavy atom. The molecule has 2 spiro atoms. The van der Waals surface area contributed by atoms with Crippen LogP contribution in [0.2, 0.25) is 0 Å². The fraction of sp³-hybridized carbons (Fsp3) is 0.942. The summed E-state index contributed by atoms with van der Waals surface area (Å²) in [5.41, 5.74) is -2.12. The second-order valence-electron chi connectivity index (χ2n) is 24.8. The monoisotopic (exact) mass is 1090 g/mol. The Morgan fingerprint density at radius 2 is 1.34 bits per heavy atom. The SMILES string of the molecule is CC1CC2(CC(C)C3(CCC4(C)C5=C(CCC43C)C3(C)CCC(OC4OC(COC6OCC(O)C(O)C6OC6OC(CO)C(O)C(O)C6OC6OCC(O)(CO)C6O)C(O)C(O)C4O)C(CO)(CO)C3CC5)O2)OC1=O. The van der Waals surface area contributed by atoms with Gasteiger partial charge in [-0.15, -0.1) is 0 Å². The first kappa shape index (κ1) is 57.6. The molecule has 26 unspecified atom stereocenters. The normalized spacial score (nSPS) is 54.0. The van der Waals surface area contributed by atoms with Crippen LogP contribution in [0.4, 0.5) is 0 Å². The maximum absolute atomic E-state index is 12.7. The van der Waals surface area contributed by atoms with Crippen molar-refractivity contribution in [3.8, 4) is 0 Å². The summed E-state index contributed by atoms with van der Waals surface area (Å²) in [7, 11) is 0. The van der Waals surface area contributed by atoms with Gasteiger partial charge in [-0.3, -0.25) is 4.79 Å². The van der Waals surface area contributed by atoms with Crippen molar-refractivity contribution in [2.75, 3.05) is 46.2 Å². The number of rotatable bonds is 13. The van der Waals surface area contributed by atoms with E-state index in [1.54, 1.807) is 0 Å². The van der Waals surface area contributed by atoms with Crippen LogP contribution in [0.25, 0.3) is 0 Å². The topological polar surface area (TPSA) is 372 Å². The number of carbonyl (C=O) groups excluding carboxylic acids is 1. The average molecular weight is 1090 g/mol. The molecule has 4 aliphatic carbocycles. The summed E-state index contributed by atoms with van der Waals surface area (Å²) in [5.74, 6) is -1.48. The number of hydrogen-bond acceptors (Lipinski definition) is 24. The number of carbonyl (C=O) groups is 1. The molecule has 24 heteroatoms. The van der Waals surface area contributed by atoms with E-state index in [-0.39, 0.29) is 34.6 Å². The second-order valence-corrected chi connectivity index (χ2v) is 24.8. The van der Waals surface area contributed by atoms with E-state index < -0.39 is 179 Å². The highest BCUT2D eigenvalue weighted by atomic mass is 16.8. The lowest BCUT2D eigenvalue weighted by Crippen LogP contribution is -2.65. The van der Waals surface area contributed by atoms with Crippen molar-refractivity contribution >= 4 is 5.97 Å². The average Bonchev–Trinajstić information content (AvgIpc) is 4.06. The van der Waals surface area contributed by atoms with Crippen molar-refractivity contribution in [1.29, 1.82) is 0 Å². The Hall–Kier alpha value is -1.67. The maximum Gasteiger partial charge on any atom is 0.311 e. The van der Waals surface area contributed by atoms with E-state index in [1.165, 1.54) is 11.1 Å². The van der Waals surface area contributed by atoms with Crippen LogP contribution in [0.1, 0.15) is 98.8 Å². The van der Waals surface area contributed by atoms with E-state index in [0.717, 1.165) is 25.7 Å². The highest BCUT2D eigenvalue weighted by Crippen LogP contribution is 2.76. The van der Waals surface area contributed by atoms with Gasteiger partial charge in [-0.05, 0) is 74.0 Å². The van der Waals surface area contributed by atoms with Gasteiger partial charge in [0, 0.05) is 23.7 Å². The van der Waals surface area contributed by atoms with Gasteiger partial charge in [-0.25, -0.2) is 0 Å². The predicted molar refractivity (Wildman–Crippen MR) is 253 cm³/mol. The predicted octanol–water partition coefficient (Wildman–Crippen LogP) is -2.92. The molecule has 0 aromatic carbocycles. The summed E-state index contributed by atoms with van der Waals surface area (Å²) >= 11 is 0. The van der Waals surface area contributed by atoms with E-state index in [2.05, 4.69) is 27.7 Å². The molecule has 0 bridgehead atoms. The molecule has 0 aromatic rings. The molecule has 8 fully saturated rings. The third-order valence-corrected chi connectivity index (χ3v) is 20.9. The number of aliphatic hydroxyl groups is 13. The smallest absolute Gasteiger partial charge is 0.311 e. The molecule has 434 valence electrons. The van der Waals surface area contributed by atoms with Crippen LogP contribution in [0.15, 0.2) is 11.1 Å². The molecule has 10 aliphatic rings. The first-order chi connectivity index (χ1) is 35.9. The van der Waals surface area contributed by atoms with Crippen LogP contribution in [-0.4, -0.2) is 240 Å². The third kappa shape index (κ3) is 8.64. The van der Waals surface area contributed by atoms with Crippen molar-refractivity contribution in [1.82, 2.24) is 0 Å². The first-order valence-electron chi connectivity index (χ1n) is 27.2. The van der Waals surface area contributed by atoms with Crippen molar-refractivity contribution in [2.45, 2.75) is 220 Å². The molecule has 10 rings (SSSR count). The third-order valence-electron chi connectivity index (χ3n) is 20.9. The molecular formula is C52H82O24. The van der Waals surface area contributed by atoms with Gasteiger partial charge in [-0.1, -0.05) is 45.8 Å². The van der Waals surface area contributed by atoms with Gasteiger partial charge in [0.25, 0.3) is 0 Å². The molecule has 6 heterocycles. The summed E-state index contributed by atoms with van der Waals surface area (Å²) in [6.07, 6.45) is -21.8. The Morgan fingerprint density at radius 1 is 0.658 bits per heavy atom. The van der Waals surface area contributed by atoms with Crippen molar-refractivity contribution in [3.63, 3.8) is 0 Å². The molecule has 6 saturated heterocycles. The zero-order valence-electron chi connectivity index (χ0n) is 43.9. The van der Waals surface area contributed by atoms with Gasteiger partial charge >= 0.3 is 5.97 Å².